The number of rotatable bonds is 9. The predicted molar refractivity (Wildman–Crippen MR) is 114 cm³/mol. The Bertz CT molecular complexity index is 770. The summed E-state index contributed by atoms with van der Waals surface area (Å²) in [5.41, 5.74) is 8.32. The van der Waals surface area contributed by atoms with Gasteiger partial charge in [0.15, 0.2) is 0 Å². The van der Waals surface area contributed by atoms with Gasteiger partial charge in [0.2, 0.25) is 5.91 Å². The number of likely N-dealkylation sites (tertiary alicyclic amines) is 1. The summed E-state index contributed by atoms with van der Waals surface area (Å²) in [6.07, 6.45) is 5.43. The van der Waals surface area contributed by atoms with Crippen LogP contribution >= 0.6 is 0 Å². The fourth-order valence-electron chi connectivity index (χ4n) is 3.88. The molecule has 2 aromatic carbocycles. The lowest BCUT2D eigenvalue weighted by molar-refractivity contribution is 0.0999. The molecule has 1 aliphatic rings. The van der Waals surface area contributed by atoms with Crippen LogP contribution < -0.4 is 15.8 Å². The summed E-state index contributed by atoms with van der Waals surface area (Å²) < 4.78 is 5.29. The quantitative estimate of drug-likeness (QED) is 0.650. The molecule has 0 spiro atoms. The number of hydrogen-bond acceptors (Lipinski definition) is 4. The average Bonchev–Trinajstić information content (AvgIpc) is 2.72. The minimum absolute atomic E-state index is 0.332. The zero-order valence-electron chi connectivity index (χ0n) is 16.7. The molecule has 5 nitrogen and oxygen atoms in total. The highest BCUT2D eigenvalue weighted by molar-refractivity contribution is 5.94. The number of nitrogens with zero attached hydrogens (tertiary/aromatic N) is 1. The lowest BCUT2D eigenvalue weighted by Crippen LogP contribution is -2.39. The molecule has 150 valence electrons. The molecule has 1 heterocycles. The van der Waals surface area contributed by atoms with Crippen LogP contribution in [0.3, 0.4) is 0 Å². The van der Waals surface area contributed by atoms with Crippen molar-refractivity contribution >= 4 is 11.6 Å². The highest BCUT2D eigenvalue weighted by atomic mass is 16.5. The van der Waals surface area contributed by atoms with E-state index in [0.29, 0.717) is 11.6 Å². The van der Waals surface area contributed by atoms with Crippen LogP contribution in [0.2, 0.25) is 0 Å². The Morgan fingerprint density at radius 2 is 1.93 bits per heavy atom. The second kappa shape index (κ2) is 10.1. The SMILES string of the molecule is COc1cccc(NC2CCN(CCCCc3ccccc3C(N)=O)CC2)c1. The van der Waals surface area contributed by atoms with E-state index < -0.39 is 0 Å². The number of aryl methyl sites for hydroxylation is 1. The zero-order chi connectivity index (χ0) is 19.8. The molecule has 3 N–H and O–H groups in total. The second-order valence-electron chi connectivity index (χ2n) is 7.47. The molecule has 1 amide bonds. The maximum absolute atomic E-state index is 11.5. The number of ether oxygens (including phenoxy) is 1. The van der Waals surface area contributed by atoms with Crippen LogP contribution in [0.1, 0.15) is 41.6 Å². The molecule has 0 saturated carbocycles. The van der Waals surface area contributed by atoms with Crippen LogP contribution in [0.4, 0.5) is 5.69 Å². The van der Waals surface area contributed by atoms with E-state index in [1.807, 2.05) is 36.4 Å². The molecule has 1 aliphatic heterocycles. The molecular weight excluding hydrogens is 350 g/mol. The normalized spacial score (nSPS) is 15.3. The first-order valence-electron chi connectivity index (χ1n) is 10.2. The Labute approximate surface area is 167 Å². The molecule has 2 aromatic rings. The van der Waals surface area contributed by atoms with Gasteiger partial charge in [0.05, 0.1) is 7.11 Å². The zero-order valence-corrected chi connectivity index (χ0v) is 16.7. The Morgan fingerprint density at radius 1 is 1.14 bits per heavy atom. The van der Waals surface area contributed by atoms with Gasteiger partial charge >= 0.3 is 0 Å². The van der Waals surface area contributed by atoms with E-state index in [1.165, 1.54) is 0 Å². The number of piperidine rings is 1. The third-order valence-electron chi connectivity index (χ3n) is 5.48. The van der Waals surface area contributed by atoms with Gasteiger partial charge in [0, 0.05) is 36.4 Å². The fourth-order valence-corrected chi connectivity index (χ4v) is 3.88. The number of methoxy groups -OCH3 is 1. The maximum Gasteiger partial charge on any atom is 0.248 e. The highest BCUT2D eigenvalue weighted by Crippen LogP contribution is 2.21. The molecule has 0 aliphatic carbocycles. The monoisotopic (exact) mass is 381 g/mol. The summed E-state index contributed by atoms with van der Waals surface area (Å²) in [5.74, 6) is 0.557. The highest BCUT2D eigenvalue weighted by Gasteiger charge is 2.18. The number of amides is 1. The fraction of sp³-hybridized carbons (Fsp3) is 0.435. The maximum atomic E-state index is 11.5. The van der Waals surface area contributed by atoms with Crippen LogP contribution in [0.25, 0.3) is 0 Å². The third kappa shape index (κ3) is 5.73. The van der Waals surface area contributed by atoms with Gasteiger partial charge in [-0.25, -0.2) is 0 Å². The number of anilines is 1. The number of carbonyl (C=O) groups excluding carboxylic acids is 1. The van der Waals surface area contributed by atoms with Gasteiger partial charge in [-0.3, -0.25) is 4.79 Å². The lowest BCUT2D eigenvalue weighted by Gasteiger charge is -2.33. The van der Waals surface area contributed by atoms with E-state index in [2.05, 4.69) is 22.3 Å². The van der Waals surface area contributed by atoms with E-state index in [-0.39, 0.29) is 5.91 Å². The van der Waals surface area contributed by atoms with Crippen molar-refractivity contribution in [2.24, 2.45) is 5.73 Å². The summed E-state index contributed by atoms with van der Waals surface area (Å²) in [4.78, 5) is 14.0. The number of nitrogens with one attached hydrogen (secondary N) is 1. The van der Waals surface area contributed by atoms with Crippen molar-refractivity contribution in [3.63, 3.8) is 0 Å². The van der Waals surface area contributed by atoms with Crippen molar-refractivity contribution in [2.75, 3.05) is 32.1 Å². The first-order chi connectivity index (χ1) is 13.7. The molecule has 1 fully saturated rings. The Morgan fingerprint density at radius 3 is 2.68 bits per heavy atom. The molecule has 0 unspecified atom stereocenters. The molecule has 28 heavy (non-hydrogen) atoms. The number of carbonyl (C=O) groups is 1. The van der Waals surface area contributed by atoms with E-state index in [4.69, 9.17) is 10.5 Å². The standard InChI is InChI=1S/C23H31N3O2/c1-28-21-10-6-9-20(17-21)25-19-12-15-26(16-13-19)14-5-4-8-18-7-2-3-11-22(18)23(24)27/h2-3,6-7,9-11,17,19,25H,4-5,8,12-16H2,1H3,(H2,24,27). The lowest BCUT2D eigenvalue weighted by atomic mass is 10.0. The molecule has 0 radical (unpaired) electrons. The minimum atomic E-state index is -0.332. The number of nitrogens with two attached hydrogens (primary N) is 1. The topological polar surface area (TPSA) is 67.6 Å². The van der Waals surface area contributed by atoms with Crippen LogP contribution in [0.5, 0.6) is 5.75 Å². The van der Waals surface area contributed by atoms with E-state index in [1.54, 1.807) is 7.11 Å². The van der Waals surface area contributed by atoms with Crippen LogP contribution in [-0.4, -0.2) is 43.6 Å². The summed E-state index contributed by atoms with van der Waals surface area (Å²) in [5, 5.41) is 3.63. The van der Waals surface area contributed by atoms with Gasteiger partial charge in [0.25, 0.3) is 0 Å². The number of unbranched alkanes of at least 4 members (excludes halogenated alkanes) is 1. The predicted octanol–water partition coefficient (Wildman–Crippen LogP) is 3.69. The van der Waals surface area contributed by atoms with Crippen molar-refractivity contribution in [3.05, 3.63) is 59.7 Å². The van der Waals surface area contributed by atoms with E-state index in [9.17, 15) is 4.79 Å². The van der Waals surface area contributed by atoms with Crippen LogP contribution in [-0.2, 0) is 6.42 Å². The van der Waals surface area contributed by atoms with Crippen molar-refractivity contribution in [3.8, 4) is 5.75 Å². The minimum Gasteiger partial charge on any atom is -0.497 e. The molecule has 1 saturated heterocycles. The second-order valence-corrected chi connectivity index (χ2v) is 7.47. The molecule has 0 bridgehead atoms. The van der Waals surface area contributed by atoms with E-state index >= 15 is 0 Å². The summed E-state index contributed by atoms with van der Waals surface area (Å²) in [6.45, 7) is 3.36. The van der Waals surface area contributed by atoms with Crippen molar-refractivity contribution in [2.45, 2.75) is 38.1 Å². The molecule has 3 rings (SSSR count). The number of benzene rings is 2. The first-order valence-corrected chi connectivity index (χ1v) is 10.2. The Balaban J connectivity index is 1.36. The molecular formula is C23H31N3O2. The molecule has 0 atom stereocenters. The third-order valence-corrected chi connectivity index (χ3v) is 5.48. The van der Waals surface area contributed by atoms with Gasteiger partial charge in [-0.1, -0.05) is 24.3 Å². The van der Waals surface area contributed by atoms with Crippen LogP contribution in [0, 0.1) is 0 Å². The average molecular weight is 382 g/mol. The van der Waals surface area contributed by atoms with E-state index in [0.717, 1.165) is 68.7 Å². The number of hydrogen-bond donors (Lipinski definition) is 2. The first kappa shape index (κ1) is 20.2. The van der Waals surface area contributed by atoms with Crippen LogP contribution in [0.15, 0.2) is 48.5 Å². The van der Waals surface area contributed by atoms with Gasteiger partial charge < -0.3 is 20.7 Å². The summed E-state index contributed by atoms with van der Waals surface area (Å²) >= 11 is 0. The smallest absolute Gasteiger partial charge is 0.248 e. The molecule has 0 aromatic heterocycles. The Hall–Kier alpha value is -2.53. The van der Waals surface area contributed by atoms with Gasteiger partial charge in [0.1, 0.15) is 5.75 Å². The summed E-state index contributed by atoms with van der Waals surface area (Å²) in [7, 11) is 1.70. The number of primary amides is 1. The van der Waals surface area contributed by atoms with Crippen molar-refractivity contribution in [1.29, 1.82) is 0 Å². The largest absolute Gasteiger partial charge is 0.497 e. The van der Waals surface area contributed by atoms with Gasteiger partial charge in [-0.05, 0) is 62.4 Å². The van der Waals surface area contributed by atoms with Gasteiger partial charge in [-0.2, -0.15) is 0 Å². The van der Waals surface area contributed by atoms with Crippen molar-refractivity contribution < 1.29 is 9.53 Å². The summed E-state index contributed by atoms with van der Waals surface area (Å²) in [6, 6.07) is 16.3. The van der Waals surface area contributed by atoms with Gasteiger partial charge in [-0.15, -0.1) is 0 Å². The molecule has 5 heteroatoms. The Kier molecular flexibility index (Phi) is 7.31. The van der Waals surface area contributed by atoms with Crippen molar-refractivity contribution in [1.82, 2.24) is 4.90 Å².